The lowest BCUT2D eigenvalue weighted by molar-refractivity contribution is 0.0269. The number of rotatable bonds is 3. The van der Waals surface area contributed by atoms with Crippen molar-refractivity contribution >= 4 is 11.7 Å². The lowest BCUT2D eigenvalue weighted by Crippen LogP contribution is -2.45. The monoisotopic (exact) mass is 318 g/mol. The van der Waals surface area contributed by atoms with Crippen molar-refractivity contribution in [2.24, 2.45) is 0 Å². The third-order valence-corrected chi connectivity index (χ3v) is 4.82. The summed E-state index contributed by atoms with van der Waals surface area (Å²) in [6.07, 6.45) is 3.94. The SMILES string of the molecule is COC1CCCN(C(=O)c2ccnc(N3CCN(C)CC3)c2)C1. The van der Waals surface area contributed by atoms with Gasteiger partial charge in [0.2, 0.25) is 0 Å². The first-order valence-corrected chi connectivity index (χ1v) is 8.39. The number of likely N-dealkylation sites (N-methyl/N-ethyl adjacent to an activating group) is 1. The Bertz CT molecular complexity index is 543. The zero-order valence-electron chi connectivity index (χ0n) is 14.1. The molecule has 23 heavy (non-hydrogen) atoms. The standard InChI is InChI=1S/C17H26N4O2/c1-19-8-10-20(11-9-19)16-12-14(5-6-18-16)17(22)21-7-3-4-15(13-21)23-2/h5-6,12,15H,3-4,7-11,13H2,1-2H3. The molecule has 6 nitrogen and oxygen atoms in total. The summed E-state index contributed by atoms with van der Waals surface area (Å²) < 4.78 is 5.42. The third kappa shape index (κ3) is 3.82. The van der Waals surface area contributed by atoms with Crippen molar-refractivity contribution < 1.29 is 9.53 Å². The van der Waals surface area contributed by atoms with E-state index >= 15 is 0 Å². The van der Waals surface area contributed by atoms with E-state index in [-0.39, 0.29) is 12.0 Å². The Hall–Kier alpha value is -1.66. The number of carbonyl (C=O) groups is 1. The van der Waals surface area contributed by atoms with Gasteiger partial charge in [0.25, 0.3) is 5.91 Å². The van der Waals surface area contributed by atoms with Crippen molar-refractivity contribution in [3.8, 4) is 0 Å². The molecule has 2 saturated heterocycles. The Morgan fingerprint density at radius 3 is 2.78 bits per heavy atom. The van der Waals surface area contributed by atoms with E-state index < -0.39 is 0 Å². The van der Waals surface area contributed by atoms with Crippen LogP contribution in [0.4, 0.5) is 5.82 Å². The van der Waals surface area contributed by atoms with Crippen molar-refractivity contribution in [2.45, 2.75) is 18.9 Å². The van der Waals surface area contributed by atoms with Gasteiger partial charge in [-0.3, -0.25) is 4.79 Å². The molecule has 1 atom stereocenters. The Morgan fingerprint density at radius 1 is 1.26 bits per heavy atom. The number of anilines is 1. The number of likely N-dealkylation sites (tertiary alicyclic amines) is 1. The Morgan fingerprint density at radius 2 is 2.04 bits per heavy atom. The molecule has 3 heterocycles. The van der Waals surface area contributed by atoms with E-state index in [1.165, 1.54) is 0 Å². The van der Waals surface area contributed by atoms with Crippen LogP contribution in [-0.4, -0.2) is 80.2 Å². The molecule has 0 spiro atoms. The van der Waals surface area contributed by atoms with Crippen LogP contribution in [0.1, 0.15) is 23.2 Å². The molecule has 3 rings (SSSR count). The molecule has 1 amide bonds. The van der Waals surface area contributed by atoms with Gasteiger partial charge in [0, 0.05) is 58.1 Å². The first-order valence-electron chi connectivity index (χ1n) is 8.39. The van der Waals surface area contributed by atoms with Gasteiger partial charge in [-0.1, -0.05) is 0 Å². The minimum Gasteiger partial charge on any atom is -0.380 e. The van der Waals surface area contributed by atoms with Gasteiger partial charge < -0.3 is 19.4 Å². The lowest BCUT2D eigenvalue weighted by atomic mass is 10.1. The Labute approximate surface area is 138 Å². The van der Waals surface area contributed by atoms with Crippen LogP contribution in [0.25, 0.3) is 0 Å². The minimum absolute atomic E-state index is 0.0875. The number of aromatic nitrogens is 1. The molecule has 126 valence electrons. The normalized spacial score (nSPS) is 23.1. The van der Waals surface area contributed by atoms with Crippen molar-refractivity contribution in [3.63, 3.8) is 0 Å². The molecule has 0 N–H and O–H groups in total. The van der Waals surface area contributed by atoms with Crippen LogP contribution in [0.15, 0.2) is 18.3 Å². The van der Waals surface area contributed by atoms with Crippen LogP contribution in [0.2, 0.25) is 0 Å². The van der Waals surface area contributed by atoms with Crippen LogP contribution in [-0.2, 0) is 4.74 Å². The molecule has 0 aliphatic carbocycles. The number of piperidine rings is 1. The largest absolute Gasteiger partial charge is 0.380 e. The molecular weight excluding hydrogens is 292 g/mol. The Balaban J connectivity index is 1.70. The van der Waals surface area contributed by atoms with E-state index in [9.17, 15) is 4.79 Å². The second-order valence-electron chi connectivity index (χ2n) is 6.44. The molecule has 1 unspecified atom stereocenters. The highest BCUT2D eigenvalue weighted by molar-refractivity contribution is 5.95. The molecule has 0 radical (unpaired) electrons. The molecular formula is C17H26N4O2. The smallest absolute Gasteiger partial charge is 0.254 e. The first-order chi connectivity index (χ1) is 11.2. The number of carbonyl (C=O) groups excluding carboxylic acids is 1. The average Bonchev–Trinajstić information content (AvgIpc) is 2.62. The van der Waals surface area contributed by atoms with Crippen LogP contribution < -0.4 is 4.90 Å². The van der Waals surface area contributed by atoms with E-state index in [1.807, 2.05) is 17.0 Å². The first kappa shape index (κ1) is 16.2. The summed E-state index contributed by atoms with van der Waals surface area (Å²) in [4.78, 5) is 23.7. The van der Waals surface area contributed by atoms with Crippen molar-refractivity contribution in [2.75, 3.05) is 58.3 Å². The fourth-order valence-electron chi connectivity index (χ4n) is 3.26. The number of pyridine rings is 1. The topological polar surface area (TPSA) is 48.9 Å². The summed E-state index contributed by atoms with van der Waals surface area (Å²) in [5.74, 6) is 0.994. The number of hydrogen-bond acceptors (Lipinski definition) is 5. The Kier molecular flexibility index (Phi) is 5.13. The maximum atomic E-state index is 12.8. The molecule has 2 aliphatic rings. The van der Waals surface area contributed by atoms with Gasteiger partial charge in [0.1, 0.15) is 5.82 Å². The summed E-state index contributed by atoms with van der Waals surface area (Å²) in [6.45, 7) is 5.46. The maximum absolute atomic E-state index is 12.8. The molecule has 2 fully saturated rings. The predicted molar refractivity (Wildman–Crippen MR) is 89.9 cm³/mol. The van der Waals surface area contributed by atoms with E-state index in [1.54, 1.807) is 13.3 Å². The van der Waals surface area contributed by atoms with E-state index in [0.29, 0.717) is 6.54 Å². The molecule has 0 saturated carbocycles. The number of hydrogen-bond donors (Lipinski definition) is 0. The fraction of sp³-hybridized carbons (Fsp3) is 0.647. The number of ether oxygens (including phenoxy) is 1. The number of nitrogens with zero attached hydrogens (tertiary/aromatic N) is 4. The van der Waals surface area contributed by atoms with Crippen LogP contribution in [0.3, 0.4) is 0 Å². The van der Waals surface area contributed by atoms with Gasteiger partial charge in [-0.25, -0.2) is 4.98 Å². The van der Waals surface area contributed by atoms with Gasteiger partial charge in [0.15, 0.2) is 0 Å². The molecule has 6 heteroatoms. The second kappa shape index (κ2) is 7.27. The zero-order valence-corrected chi connectivity index (χ0v) is 14.1. The van der Waals surface area contributed by atoms with Gasteiger partial charge in [-0.15, -0.1) is 0 Å². The van der Waals surface area contributed by atoms with Gasteiger partial charge in [0.05, 0.1) is 6.10 Å². The summed E-state index contributed by atoms with van der Waals surface area (Å²) in [6, 6.07) is 3.75. The average molecular weight is 318 g/mol. The summed E-state index contributed by atoms with van der Waals surface area (Å²) in [5, 5.41) is 0. The van der Waals surface area contributed by atoms with Gasteiger partial charge in [-0.05, 0) is 32.0 Å². The van der Waals surface area contributed by atoms with Crippen molar-refractivity contribution in [1.29, 1.82) is 0 Å². The summed E-state index contributed by atoms with van der Waals surface area (Å²) in [7, 11) is 3.85. The van der Waals surface area contributed by atoms with Crippen molar-refractivity contribution in [1.82, 2.24) is 14.8 Å². The predicted octanol–water partition coefficient (Wildman–Crippen LogP) is 1.08. The second-order valence-corrected chi connectivity index (χ2v) is 6.44. The van der Waals surface area contributed by atoms with E-state index in [0.717, 1.165) is 56.9 Å². The van der Waals surface area contributed by atoms with Gasteiger partial charge in [-0.2, -0.15) is 0 Å². The van der Waals surface area contributed by atoms with Gasteiger partial charge >= 0.3 is 0 Å². The van der Waals surface area contributed by atoms with Crippen LogP contribution in [0, 0.1) is 0 Å². The number of methoxy groups -OCH3 is 1. The quantitative estimate of drug-likeness (QED) is 0.835. The molecule has 1 aromatic rings. The zero-order chi connectivity index (χ0) is 16.2. The molecule has 0 bridgehead atoms. The molecule has 0 aromatic carbocycles. The summed E-state index contributed by atoms with van der Waals surface area (Å²) >= 11 is 0. The van der Waals surface area contributed by atoms with Crippen molar-refractivity contribution in [3.05, 3.63) is 23.9 Å². The number of piperazine rings is 1. The van der Waals surface area contributed by atoms with Crippen LogP contribution in [0.5, 0.6) is 0 Å². The summed E-state index contributed by atoms with van der Waals surface area (Å²) in [5.41, 5.74) is 0.727. The molecule has 1 aromatic heterocycles. The number of amides is 1. The van der Waals surface area contributed by atoms with E-state index in [4.69, 9.17) is 4.74 Å². The minimum atomic E-state index is 0.0875. The highest BCUT2D eigenvalue weighted by Gasteiger charge is 2.25. The third-order valence-electron chi connectivity index (χ3n) is 4.82. The molecule has 2 aliphatic heterocycles. The maximum Gasteiger partial charge on any atom is 0.254 e. The lowest BCUT2D eigenvalue weighted by Gasteiger charge is -2.34. The van der Waals surface area contributed by atoms with Crippen LogP contribution >= 0.6 is 0 Å². The highest BCUT2D eigenvalue weighted by Crippen LogP contribution is 2.19. The fourth-order valence-corrected chi connectivity index (χ4v) is 3.26. The highest BCUT2D eigenvalue weighted by atomic mass is 16.5. The van der Waals surface area contributed by atoms with E-state index in [2.05, 4.69) is 21.8 Å².